The molecule has 1 aromatic heterocycles. The molecule has 4 amide bonds. The maximum atomic E-state index is 13.6. The number of barbiturate groups is 1. The topological polar surface area (TPSA) is 95.2 Å². The SMILES string of the molecule is N#CCn1cc(/C=C2/C(=O)NC(=O)N(c3cccc(F)c3)C2=O)c2ccccc21. The summed E-state index contributed by atoms with van der Waals surface area (Å²) in [5.74, 6) is -2.32. The van der Waals surface area contributed by atoms with E-state index in [-0.39, 0.29) is 17.8 Å². The van der Waals surface area contributed by atoms with Gasteiger partial charge in [0.25, 0.3) is 11.8 Å². The van der Waals surface area contributed by atoms with Crippen LogP contribution in [0.25, 0.3) is 17.0 Å². The number of nitriles is 1. The minimum atomic E-state index is -0.949. The maximum Gasteiger partial charge on any atom is 0.335 e. The quantitative estimate of drug-likeness (QED) is 0.551. The van der Waals surface area contributed by atoms with Gasteiger partial charge in [-0.3, -0.25) is 14.9 Å². The van der Waals surface area contributed by atoms with Crippen molar-refractivity contribution in [3.63, 3.8) is 0 Å². The Morgan fingerprint density at radius 1 is 1.10 bits per heavy atom. The van der Waals surface area contributed by atoms with Gasteiger partial charge in [0.2, 0.25) is 0 Å². The number of hydrogen-bond acceptors (Lipinski definition) is 4. The standard InChI is InChI=1S/C21H13FN4O3/c22-14-4-3-5-15(11-14)26-20(28)17(19(27)24-21(26)29)10-13-12-25(9-8-23)18-7-2-1-6-16(13)18/h1-7,10-12H,9H2,(H,24,27,29)/b17-10-. The van der Waals surface area contributed by atoms with Crippen LogP contribution in [0.2, 0.25) is 0 Å². The third-order valence-corrected chi connectivity index (χ3v) is 4.53. The molecule has 2 aromatic carbocycles. The lowest BCUT2D eigenvalue weighted by Crippen LogP contribution is -2.54. The van der Waals surface area contributed by atoms with Gasteiger partial charge < -0.3 is 4.57 Å². The number of carbonyl (C=O) groups is 3. The molecule has 0 unspecified atom stereocenters. The number of halogens is 1. The van der Waals surface area contributed by atoms with Crippen molar-refractivity contribution in [2.75, 3.05) is 4.90 Å². The molecule has 0 spiro atoms. The predicted molar refractivity (Wildman–Crippen MR) is 103 cm³/mol. The molecule has 1 aliphatic rings. The number of para-hydroxylation sites is 1. The summed E-state index contributed by atoms with van der Waals surface area (Å²) >= 11 is 0. The third-order valence-electron chi connectivity index (χ3n) is 4.53. The normalized spacial score (nSPS) is 15.7. The first-order valence-electron chi connectivity index (χ1n) is 8.61. The fourth-order valence-electron chi connectivity index (χ4n) is 3.26. The van der Waals surface area contributed by atoms with Gasteiger partial charge in [0.15, 0.2) is 0 Å². The largest absolute Gasteiger partial charge is 0.335 e. The van der Waals surface area contributed by atoms with Gasteiger partial charge >= 0.3 is 6.03 Å². The molecule has 8 heteroatoms. The van der Waals surface area contributed by atoms with Crippen LogP contribution in [0.15, 0.2) is 60.3 Å². The Morgan fingerprint density at radius 2 is 1.90 bits per heavy atom. The number of nitrogens with zero attached hydrogens (tertiary/aromatic N) is 3. The van der Waals surface area contributed by atoms with Crippen molar-refractivity contribution >= 4 is 40.5 Å². The number of anilines is 1. The molecular formula is C21H13FN4O3. The zero-order valence-electron chi connectivity index (χ0n) is 14.9. The van der Waals surface area contributed by atoms with Crippen LogP contribution < -0.4 is 10.2 Å². The number of hydrogen-bond donors (Lipinski definition) is 1. The predicted octanol–water partition coefficient (Wildman–Crippen LogP) is 2.97. The Kier molecular flexibility index (Phi) is 4.41. The van der Waals surface area contributed by atoms with Crippen molar-refractivity contribution in [2.45, 2.75) is 6.54 Å². The average Bonchev–Trinajstić information content (AvgIpc) is 3.03. The summed E-state index contributed by atoms with van der Waals surface area (Å²) in [5.41, 5.74) is 1.05. The smallest absolute Gasteiger partial charge is 0.333 e. The second-order valence-corrected chi connectivity index (χ2v) is 6.33. The van der Waals surface area contributed by atoms with Crippen LogP contribution in [0.3, 0.4) is 0 Å². The number of imide groups is 2. The number of aromatic nitrogens is 1. The first kappa shape index (κ1) is 18.1. The fourth-order valence-corrected chi connectivity index (χ4v) is 3.26. The van der Waals surface area contributed by atoms with Crippen LogP contribution >= 0.6 is 0 Å². The van der Waals surface area contributed by atoms with Crippen molar-refractivity contribution in [1.29, 1.82) is 5.26 Å². The number of carbonyl (C=O) groups excluding carboxylic acids is 3. The molecule has 29 heavy (non-hydrogen) atoms. The Bertz CT molecular complexity index is 1250. The molecule has 1 aliphatic heterocycles. The van der Waals surface area contributed by atoms with E-state index in [4.69, 9.17) is 5.26 Å². The van der Waals surface area contributed by atoms with E-state index in [1.165, 1.54) is 24.3 Å². The minimum absolute atomic E-state index is 0.0119. The summed E-state index contributed by atoms with van der Waals surface area (Å²) in [6, 6.07) is 13.3. The van der Waals surface area contributed by atoms with Gasteiger partial charge in [-0.15, -0.1) is 0 Å². The first-order chi connectivity index (χ1) is 14.0. The Morgan fingerprint density at radius 3 is 2.66 bits per heavy atom. The average molecular weight is 388 g/mol. The van der Waals surface area contributed by atoms with Crippen LogP contribution in [-0.4, -0.2) is 22.4 Å². The molecule has 1 saturated heterocycles. The zero-order chi connectivity index (χ0) is 20.5. The molecule has 7 nitrogen and oxygen atoms in total. The molecule has 0 atom stereocenters. The Hall–Kier alpha value is -4.25. The van der Waals surface area contributed by atoms with Gasteiger partial charge in [0.05, 0.1) is 11.8 Å². The molecule has 4 rings (SSSR count). The zero-order valence-corrected chi connectivity index (χ0v) is 14.9. The fraction of sp³-hybridized carbons (Fsp3) is 0.0476. The Labute approximate surface area is 164 Å². The van der Waals surface area contributed by atoms with E-state index < -0.39 is 23.7 Å². The number of fused-ring (bicyclic) bond motifs is 1. The van der Waals surface area contributed by atoms with E-state index >= 15 is 0 Å². The van der Waals surface area contributed by atoms with Crippen molar-refractivity contribution in [2.24, 2.45) is 0 Å². The summed E-state index contributed by atoms with van der Waals surface area (Å²) in [6.07, 6.45) is 3.02. The molecular weight excluding hydrogens is 375 g/mol. The molecule has 142 valence electrons. The number of rotatable bonds is 3. The number of urea groups is 1. The molecule has 0 bridgehead atoms. The molecule has 1 fully saturated rings. The lowest BCUT2D eigenvalue weighted by Gasteiger charge is -2.26. The molecule has 3 aromatic rings. The third kappa shape index (κ3) is 3.15. The van der Waals surface area contributed by atoms with Gasteiger partial charge in [0.1, 0.15) is 17.9 Å². The van der Waals surface area contributed by atoms with Crippen LogP contribution in [0.4, 0.5) is 14.9 Å². The highest BCUT2D eigenvalue weighted by Gasteiger charge is 2.37. The van der Waals surface area contributed by atoms with Crippen LogP contribution in [0, 0.1) is 17.1 Å². The van der Waals surface area contributed by atoms with E-state index in [2.05, 4.69) is 11.4 Å². The lowest BCUT2D eigenvalue weighted by atomic mass is 10.1. The summed E-state index contributed by atoms with van der Waals surface area (Å²) in [5, 5.41) is 11.9. The van der Waals surface area contributed by atoms with Crippen LogP contribution in [0.1, 0.15) is 5.56 Å². The monoisotopic (exact) mass is 388 g/mol. The van der Waals surface area contributed by atoms with Gasteiger partial charge in [-0.05, 0) is 30.3 Å². The number of nitrogens with one attached hydrogen (secondary N) is 1. The van der Waals surface area contributed by atoms with E-state index in [9.17, 15) is 18.8 Å². The summed E-state index contributed by atoms with van der Waals surface area (Å²) in [7, 11) is 0. The number of benzene rings is 2. The van der Waals surface area contributed by atoms with Crippen LogP contribution in [-0.2, 0) is 16.1 Å². The summed E-state index contributed by atoms with van der Waals surface area (Å²) in [6.45, 7) is 0.0950. The van der Waals surface area contributed by atoms with Gasteiger partial charge in [0, 0.05) is 22.7 Å². The van der Waals surface area contributed by atoms with Crippen LogP contribution in [0.5, 0.6) is 0 Å². The molecule has 0 aliphatic carbocycles. The number of amides is 4. The van der Waals surface area contributed by atoms with Gasteiger partial charge in [-0.1, -0.05) is 24.3 Å². The summed E-state index contributed by atoms with van der Waals surface area (Å²) in [4.78, 5) is 38.2. The van der Waals surface area contributed by atoms with E-state index in [0.29, 0.717) is 10.5 Å². The summed E-state index contributed by atoms with van der Waals surface area (Å²) < 4.78 is 15.3. The second kappa shape index (κ2) is 7.05. The second-order valence-electron chi connectivity index (χ2n) is 6.33. The van der Waals surface area contributed by atoms with Crippen molar-refractivity contribution in [1.82, 2.24) is 9.88 Å². The van der Waals surface area contributed by atoms with Gasteiger partial charge in [-0.25, -0.2) is 14.1 Å². The highest BCUT2D eigenvalue weighted by molar-refractivity contribution is 6.39. The van der Waals surface area contributed by atoms with E-state index in [0.717, 1.165) is 17.0 Å². The maximum absolute atomic E-state index is 13.6. The van der Waals surface area contributed by atoms with Crippen molar-refractivity contribution in [3.8, 4) is 6.07 Å². The molecule has 2 heterocycles. The molecule has 1 N–H and O–H groups in total. The Balaban J connectivity index is 1.82. The highest BCUT2D eigenvalue weighted by Crippen LogP contribution is 2.26. The first-order valence-corrected chi connectivity index (χ1v) is 8.61. The highest BCUT2D eigenvalue weighted by atomic mass is 19.1. The van der Waals surface area contributed by atoms with Crippen molar-refractivity contribution < 1.29 is 18.8 Å². The lowest BCUT2D eigenvalue weighted by molar-refractivity contribution is -0.122. The van der Waals surface area contributed by atoms with E-state index in [1.807, 2.05) is 12.1 Å². The molecule has 0 radical (unpaired) electrons. The molecule has 0 saturated carbocycles. The van der Waals surface area contributed by atoms with E-state index in [1.54, 1.807) is 22.9 Å². The minimum Gasteiger partial charge on any atom is -0.333 e. The van der Waals surface area contributed by atoms with Gasteiger partial charge in [-0.2, -0.15) is 5.26 Å². The van der Waals surface area contributed by atoms with Crippen molar-refractivity contribution in [3.05, 3.63) is 71.7 Å².